The van der Waals surface area contributed by atoms with Crippen molar-refractivity contribution in [2.24, 2.45) is 5.92 Å². The van der Waals surface area contributed by atoms with Gasteiger partial charge < -0.3 is 9.64 Å². The van der Waals surface area contributed by atoms with Crippen molar-refractivity contribution in [2.45, 2.75) is 22.8 Å². The van der Waals surface area contributed by atoms with Gasteiger partial charge in [-0.3, -0.25) is 3.56 Å². The van der Waals surface area contributed by atoms with E-state index in [9.17, 15) is 0 Å². The lowest BCUT2D eigenvalue weighted by Crippen LogP contribution is -2.35. The third-order valence-electron chi connectivity index (χ3n) is 4.00. The number of anilines is 1. The number of benzene rings is 1. The van der Waals surface area contributed by atoms with Crippen molar-refractivity contribution in [3.8, 4) is 5.75 Å². The van der Waals surface area contributed by atoms with Crippen LogP contribution in [0, 0.1) is 9.48 Å². The van der Waals surface area contributed by atoms with E-state index in [1.54, 1.807) is 7.11 Å². The molecule has 1 heterocycles. The first kappa shape index (κ1) is 11.4. The molecule has 1 N–H and O–H groups in total. The minimum atomic E-state index is -0.307. The van der Waals surface area contributed by atoms with E-state index in [1.165, 1.54) is 25.1 Å². The van der Waals surface area contributed by atoms with Gasteiger partial charge in [-0.15, -0.1) is 0 Å². The number of ether oxygens (including phenoxy) is 1. The monoisotopic (exact) mass is 344 g/mol. The number of fused-ring (bicyclic) bond motifs is 2. The van der Waals surface area contributed by atoms with Crippen molar-refractivity contribution < 1.29 is 4.74 Å². The highest BCUT2D eigenvalue weighted by molar-refractivity contribution is 14.1. The Morgan fingerprint density at radius 1 is 1.29 bits per heavy atom. The van der Waals surface area contributed by atoms with E-state index >= 15 is 0 Å². The Balaban J connectivity index is 1.76. The van der Waals surface area contributed by atoms with Gasteiger partial charge in [0.05, 0.1) is 7.11 Å². The molecular formula is C13H17IN2O. The van der Waals surface area contributed by atoms with Crippen LogP contribution in [0.4, 0.5) is 5.69 Å². The number of rotatable bonds is 3. The van der Waals surface area contributed by atoms with Crippen molar-refractivity contribution in [1.29, 1.82) is 3.56 Å². The molecular weight excluding hydrogens is 327 g/mol. The van der Waals surface area contributed by atoms with E-state index in [0.29, 0.717) is 6.04 Å². The molecule has 3 rings (SSSR count). The zero-order valence-electron chi connectivity index (χ0n) is 9.90. The lowest BCUT2D eigenvalue weighted by molar-refractivity contribution is 0.414. The molecule has 1 aliphatic heterocycles. The lowest BCUT2D eigenvalue weighted by Gasteiger charge is -2.31. The molecule has 2 bridgehead atoms. The number of alkyl halides is 1. The van der Waals surface area contributed by atoms with Gasteiger partial charge in [0.25, 0.3) is 0 Å². The van der Waals surface area contributed by atoms with Gasteiger partial charge in [-0.25, -0.2) is 0 Å². The average Bonchev–Trinajstić information content (AvgIpc) is 2.98. The standard InChI is InChI=1S/C13H17IN2O/c1-17-12-4-2-10(3-5-12)16-8-9-6-11(16)7-13(9)14-15/h2-5,9,11,13,15H,6-8H2,1H3/t9-,11-,13?/m0/s1. The molecule has 1 aromatic carbocycles. The normalized spacial score (nSPS) is 30.9. The molecule has 3 nitrogen and oxygen atoms in total. The smallest absolute Gasteiger partial charge is 0.119 e. The SMILES string of the molecule is COc1ccc(N2C[C@@H]3C[C@H]2CC3I=N)cc1. The predicted octanol–water partition coefficient (Wildman–Crippen LogP) is 3.40. The number of piperidine rings is 1. The van der Waals surface area contributed by atoms with E-state index in [0.717, 1.165) is 15.6 Å². The summed E-state index contributed by atoms with van der Waals surface area (Å²) in [4.78, 5) is 2.53. The van der Waals surface area contributed by atoms with E-state index in [-0.39, 0.29) is 21.0 Å². The van der Waals surface area contributed by atoms with Gasteiger partial charge in [0, 0.05) is 22.2 Å². The lowest BCUT2D eigenvalue weighted by atomic mass is 10.1. The summed E-state index contributed by atoms with van der Waals surface area (Å²) in [6.45, 7) is 1.17. The average molecular weight is 344 g/mol. The van der Waals surface area contributed by atoms with Crippen LogP contribution in [0.5, 0.6) is 5.75 Å². The van der Waals surface area contributed by atoms with Crippen LogP contribution in [0.25, 0.3) is 0 Å². The van der Waals surface area contributed by atoms with Crippen molar-refractivity contribution in [3.63, 3.8) is 0 Å². The van der Waals surface area contributed by atoms with Crippen LogP contribution in [0.3, 0.4) is 0 Å². The Hall–Kier alpha value is -0.650. The summed E-state index contributed by atoms with van der Waals surface area (Å²) in [6.07, 6.45) is 2.57. The number of halogens is 1. The fourth-order valence-corrected chi connectivity index (χ4v) is 4.99. The number of methoxy groups -OCH3 is 1. The second-order valence-corrected chi connectivity index (χ2v) is 7.08. The van der Waals surface area contributed by atoms with Gasteiger partial charge in [0.15, 0.2) is 0 Å². The van der Waals surface area contributed by atoms with Gasteiger partial charge in [-0.1, -0.05) is 0 Å². The number of nitrogens with zero attached hydrogens (tertiary/aromatic N) is 1. The quantitative estimate of drug-likeness (QED) is 0.674. The van der Waals surface area contributed by atoms with Crippen LogP contribution in [-0.4, -0.2) is 23.6 Å². The van der Waals surface area contributed by atoms with E-state index in [2.05, 4.69) is 17.0 Å². The molecule has 1 aromatic rings. The number of nitrogens with one attached hydrogen (secondary N) is 1. The molecule has 1 aliphatic carbocycles. The summed E-state index contributed by atoms with van der Waals surface area (Å²) in [5, 5.41) is 0. The van der Waals surface area contributed by atoms with Gasteiger partial charge in [-0.05, 0) is 64.1 Å². The molecule has 0 radical (unpaired) electrons. The first-order chi connectivity index (χ1) is 8.31. The number of hydrogen-bond acceptors (Lipinski definition) is 3. The molecule has 17 heavy (non-hydrogen) atoms. The van der Waals surface area contributed by atoms with Crippen LogP contribution < -0.4 is 9.64 Å². The second-order valence-electron chi connectivity index (χ2n) is 4.86. The maximum atomic E-state index is 7.65. The van der Waals surface area contributed by atoms with Crippen molar-refractivity contribution in [3.05, 3.63) is 24.3 Å². The Bertz CT molecular complexity index is 420. The molecule has 0 aromatic heterocycles. The Labute approximate surface area is 112 Å². The molecule has 1 unspecified atom stereocenters. The van der Waals surface area contributed by atoms with Gasteiger partial charge in [-0.2, -0.15) is 0 Å². The molecule has 92 valence electrons. The summed E-state index contributed by atoms with van der Waals surface area (Å²) in [6, 6.07) is 9.09. The first-order valence-corrected chi connectivity index (χ1v) is 8.34. The predicted molar refractivity (Wildman–Crippen MR) is 77.4 cm³/mol. The molecule has 2 fully saturated rings. The summed E-state index contributed by atoms with van der Waals surface area (Å²) < 4.78 is 13.6. The van der Waals surface area contributed by atoms with Crippen molar-refractivity contribution in [2.75, 3.05) is 18.6 Å². The summed E-state index contributed by atoms with van der Waals surface area (Å²) in [7, 11) is 1.70. The van der Waals surface area contributed by atoms with Gasteiger partial charge in [0.2, 0.25) is 0 Å². The van der Waals surface area contributed by atoms with E-state index in [4.69, 9.17) is 8.30 Å². The van der Waals surface area contributed by atoms with Crippen LogP contribution in [0.15, 0.2) is 24.3 Å². The maximum absolute atomic E-state index is 7.65. The molecule has 0 spiro atoms. The van der Waals surface area contributed by atoms with Crippen molar-refractivity contribution >= 4 is 26.7 Å². The highest BCUT2D eigenvalue weighted by atomic mass is 127. The molecule has 3 atom stereocenters. The van der Waals surface area contributed by atoms with Crippen LogP contribution >= 0.6 is 21.0 Å². The third kappa shape index (κ3) is 1.96. The molecule has 4 heteroatoms. The van der Waals surface area contributed by atoms with Crippen LogP contribution in [-0.2, 0) is 0 Å². The summed E-state index contributed by atoms with van der Waals surface area (Å²) in [5.74, 6) is 1.72. The molecule has 1 saturated carbocycles. The van der Waals surface area contributed by atoms with Gasteiger partial charge in [0.1, 0.15) is 5.75 Å². The fraction of sp³-hybridized carbons (Fsp3) is 0.538. The van der Waals surface area contributed by atoms with Gasteiger partial charge >= 0.3 is 0 Å². The largest absolute Gasteiger partial charge is 0.497 e. The highest BCUT2D eigenvalue weighted by Crippen LogP contribution is 2.45. The molecule has 2 aliphatic rings. The maximum Gasteiger partial charge on any atom is 0.119 e. The second kappa shape index (κ2) is 4.55. The third-order valence-corrected chi connectivity index (χ3v) is 6.33. The molecule has 1 saturated heterocycles. The number of hydrogen-bond donors (Lipinski definition) is 1. The zero-order valence-corrected chi connectivity index (χ0v) is 12.1. The Morgan fingerprint density at radius 3 is 2.59 bits per heavy atom. The zero-order chi connectivity index (χ0) is 11.8. The fourth-order valence-electron chi connectivity index (χ4n) is 3.11. The minimum absolute atomic E-state index is 0.307. The van der Waals surface area contributed by atoms with E-state index < -0.39 is 0 Å². The highest BCUT2D eigenvalue weighted by Gasteiger charge is 2.44. The van der Waals surface area contributed by atoms with E-state index in [1.807, 2.05) is 12.1 Å². The van der Waals surface area contributed by atoms with Crippen LogP contribution in [0.2, 0.25) is 0 Å². The summed E-state index contributed by atoms with van der Waals surface area (Å²) >= 11 is -0.307. The van der Waals surface area contributed by atoms with Crippen molar-refractivity contribution in [1.82, 2.24) is 0 Å². The first-order valence-electron chi connectivity index (χ1n) is 6.01. The minimum Gasteiger partial charge on any atom is -0.497 e. The molecule has 0 amide bonds. The van der Waals surface area contributed by atoms with Crippen LogP contribution in [0.1, 0.15) is 12.8 Å². The topological polar surface area (TPSA) is 36.3 Å². The Kier molecular flexibility index (Phi) is 3.06. The Morgan fingerprint density at radius 2 is 2.06 bits per heavy atom. The summed E-state index contributed by atoms with van der Waals surface area (Å²) in [5.41, 5.74) is 1.32.